The van der Waals surface area contributed by atoms with Gasteiger partial charge in [-0.1, -0.05) is 42.5 Å². The zero-order valence-electron chi connectivity index (χ0n) is 16.3. The maximum atomic E-state index is 13.1. The lowest BCUT2D eigenvalue weighted by Crippen LogP contribution is -2.58. The Morgan fingerprint density at radius 3 is 2.62 bits per heavy atom. The molecule has 0 unspecified atom stereocenters. The van der Waals surface area contributed by atoms with Gasteiger partial charge in [0.2, 0.25) is 11.8 Å². The summed E-state index contributed by atoms with van der Waals surface area (Å²) in [6, 6.07) is 14.7. The molecule has 6 nitrogen and oxygen atoms in total. The van der Waals surface area contributed by atoms with E-state index < -0.39 is 23.8 Å². The fraction of sp³-hybridized carbons (Fsp3) is 0.261. The third-order valence-corrected chi connectivity index (χ3v) is 5.44. The van der Waals surface area contributed by atoms with Crippen LogP contribution >= 0.6 is 0 Å². The van der Waals surface area contributed by atoms with Gasteiger partial charge < -0.3 is 5.32 Å². The summed E-state index contributed by atoms with van der Waals surface area (Å²) in [6.07, 6.45) is 4.99. The van der Waals surface area contributed by atoms with Crippen molar-refractivity contribution in [1.29, 1.82) is 0 Å². The minimum absolute atomic E-state index is 0.116. The standard InChI is InChI=1S/C23H23N3O3/c1-2-19(24-18-12-11-16-9-6-10-17(16)13-18)20-21(27)25-23(29)26(22(20)28)14-15-7-4-3-5-8-15/h2-5,7-8,11-13,20,24H,6,9-10,14H2,1H3,(H,25,27,29)/b19-2+/t20-/m0/s1. The third kappa shape index (κ3) is 3.78. The van der Waals surface area contributed by atoms with Crippen LogP contribution in [-0.4, -0.2) is 22.7 Å². The number of carbonyl (C=O) groups excluding carboxylic acids is 3. The summed E-state index contributed by atoms with van der Waals surface area (Å²) in [6.45, 7) is 1.89. The lowest BCUT2D eigenvalue weighted by Gasteiger charge is -2.31. The number of carbonyl (C=O) groups is 3. The van der Waals surface area contributed by atoms with Crippen LogP contribution in [0.2, 0.25) is 0 Å². The molecule has 0 radical (unpaired) electrons. The first-order valence-electron chi connectivity index (χ1n) is 9.82. The van der Waals surface area contributed by atoms with Crippen LogP contribution in [0.15, 0.2) is 60.3 Å². The Morgan fingerprint density at radius 2 is 1.86 bits per heavy atom. The second-order valence-corrected chi connectivity index (χ2v) is 7.34. The Hall–Kier alpha value is -3.41. The first-order chi connectivity index (χ1) is 14.1. The van der Waals surface area contributed by atoms with Crippen molar-refractivity contribution in [1.82, 2.24) is 10.2 Å². The number of fused-ring (bicyclic) bond motifs is 1. The molecule has 0 bridgehead atoms. The monoisotopic (exact) mass is 389 g/mol. The summed E-state index contributed by atoms with van der Waals surface area (Å²) >= 11 is 0. The molecule has 1 heterocycles. The highest BCUT2D eigenvalue weighted by molar-refractivity contribution is 6.18. The Kier molecular flexibility index (Phi) is 5.16. The molecule has 0 saturated carbocycles. The van der Waals surface area contributed by atoms with Gasteiger partial charge in [-0.05, 0) is 55.0 Å². The Labute approximate surface area is 169 Å². The lowest BCUT2D eigenvalue weighted by molar-refractivity contribution is -0.141. The molecule has 6 heteroatoms. The van der Waals surface area contributed by atoms with Crippen LogP contribution in [0.25, 0.3) is 0 Å². The van der Waals surface area contributed by atoms with Gasteiger partial charge in [0.25, 0.3) is 0 Å². The SMILES string of the molecule is C/C=C(/Nc1ccc2c(c1)CCC2)[C@H]1C(=O)NC(=O)N(Cc2ccccc2)C1=O. The zero-order chi connectivity index (χ0) is 20.4. The summed E-state index contributed by atoms with van der Waals surface area (Å²) in [5, 5.41) is 5.55. The van der Waals surface area contributed by atoms with E-state index in [1.54, 1.807) is 13.0 Å². The number of urea groups is 1. The Morgan fingerprint density at radius 1 is 1.10 bits per heavy atom. The maximum absolute atomic E-state index is 13.1. The number of hydrogen-bond donors (Lipinski definition) is 2. The van der Waals surface area contributed by atoms with Crippen LogP contribution in [0.4, 0.5) is 10.5 Å². The molecule has 2 aromatic carbocycles. The topological polar surface area (TPSA) is 78.5 Å². The van der Waals surface area contributed by atoms with E-state index in [9.17, 15) is 14.4 Å². The van der Waals surface area contributed by atoms with Crippen molar-refractivity contribution in [2.24, 2.45) is 5.92 Å². The number of aryl methyl sites for hydroxylation is 2. The molecule has 4 rings (SSSR count). The van der Waals surface area contributed by atoms with Gasteiger partial charge in [-0.3, -0.25) is 19.8 Å². The summed E-state index contributed by atoms with van der Waals surface area (Å²) in [5.41, 5.74) is 4.77. The minimum Gasteiger partial charge on any atom is -0.358 e. The molecule has 2 aromatic rings. The van der Waals surface area contributed by atoms with Crippen LogP contribution in [0.1, 0.15) is 30.0 Å². The van der Waals surface area contributed by atoms with E-state index in [1.807, 2.05) is 36.4 Å². The molecule has 1 atom stereocenters. The quantitative estimate of drug-likeness (QED) is 0.769. The van der Waals surface area contributed by atoms with Crippen molar-refractivity contribution in [3.8, 4) is 0 Å². The van der Waals surface area contributed by atoms with Crippen molar-refractivity contribution >= 4 is 23.5 Å². The van der Waals surface area contributed by atoms with Crippen LogP contribution in [0.5, 0.6) is 0 Å². The zero-order valence-corrected chi connectivity index (χ0v) is 16.3. The van der Waals surface area contributed by atoms with Crippen LogP contribution < -0.4 is 10.6 Å². The molecule has 1 aliphatic heterocycles. The number of benzene rings is 2. The second kappa shape index (κ2) is 7.91. The van der Waals surface area contributed by atoms with E-state index in [-0.39, 0.29) is 6.54 Å². The molecule has 4 amide bonds. The van der Waals surface area contributed by atoms with Gasteiger partial charge in [0.15, 0.2) is 5.92 Å². The molecule has 1 aliphatic carbocycles. The van der Waals surface area contributed by atoms with Crippen molar-refractivity contribution in [3.63, 3.8) is 0 Å². The van der Waals surface area contributed by atoms with Gasteiger partial charge in [0, 0.05) is 11.4 Å². The molecule has 1 fully saturated rings. The number of barbiturate groups is 1. The summed E-state index contributed by atoms with van der Waals surface area (Å²) in [4.78, 5) is 39.0. The summed E-state index contributed by atoms with van der Waals surface area (Å²) in [5.74, 6) is -2.22. The molecule has 0 spiro atoms. The van der Waals surface area contributed by atoms with Crippen molar-refractivity contribution in [2.75, 3.05) is 5.32 Å². The van der Waals surface area contributed by atoms with Crippen molar-refractivity contribution in [2.45, 2.75) is 32.7 Å². The van der Waals surface area contributed by atoms with Crippen LogP contribution in [0, 0.1) is 5.92 Å². The highest BCUT2D eigenvalue weighted by atomic mass is 16.2. The number of nitrogens with zero attached hydrogens (tertiary/aromatic N) is 1. The Balaban J connectivity index is 1.56. The summed E-state index contributed by atoms with van der Waals surface area (Å²) < 4.78 is 0. The van der Waals surface area contributed by atoms with E-state index in [2.05, 4.69) is 22.8 Å². The van der Waals surface area contributed by atoms with Gasteiger partial charge in [-0.25, -0.2) is 4.79 Å². The molecule has 148 valence electrons. The predicted octanol–water partition coefficient (Wildman–Crippen LogP) is 3.39. The van der Waals surface area contributed by atoms with Crippen LogP contribution in [-0.2, 0) is 29.0 Å². The maximum Gasteiger partial charge on any atom is 0.331 e. The molecule has 2 N–H and O–H groups in total. The molecular formula is C23H23N3O3. The van der Waals surface area contributed by atoms with Crippen molar-refractivity contribution < 1.29 is 14.4 Å². The molecule has 2 aliphatic rings. The molecule has 29 heavy (non-hydrogen) atoms. The first-order valence-corrected chi connectivity index (χ1v) is 9.82. The van der Waals surface area contributed by atoms with Gasteiger partial charge >= 0.3 is 6.03 Å². The number of amides is 4. The van der Waals surface area contributed by atoms with E-state index in [1.165, 1.54) is 11.1 Å². The van der Waals surface area contributed by atoms with Gasteiger partial charge in [0.05, 0.1) is 6.54 Å². The molecular weight excluding hydrogens is 366 g/mol. The fourth-order valence-electron chi connectivity index (χ4n) is 3.93. The predicted molar refractivity (Wildman–Crippen MR) is 110 cm³/mol. The van der Waals surface area contributed by atoms with Gasteiger partial charge in [-0.15, -0.1) is 0 Å². The summed E-state index contributed by atoms with van der Waals surface area (Å²) in [7, 11) is 0. The Bertz CT molecular complexity index is 998. The largest absolute Gasteiger partial charge is 0.358 e. The number of nitrogens with one attached hydrogen (secondary N) is 2. The van der Waals surface area contributed by atoms with E-state index in [4.69, 9.17) is 0 Å². The van der Waals surface area contributed by atoms with Crippen molar-refractivity contribution in [3.05, 3.63) is 77.0 Å². The number of anilines is 1. The number of allylic oxidation sites excluding steroid dienone is 1. The van der Waals surface area contributed by atoms with E-state index >= 15 is 0 Å². The van der Waals surface area contributed by atoms with Gasteiger partial charge in [0.1, 0.15) is 0 Å². The number of hydrogen-bond acceptors (Lipinski definition) is 4. The first kappa shape index (κ1) is 18.9. The van der Waals surface area contributed by atoms with Gasteiger partial charge in [-0.2, -0.15) is 0 Å². The highest BCUT2D eigenvalue weighted by Gasteiger charge is 2.42. The molecule has 0 aromatic heterocycles. The van der Waals surface area contributed by atoms with E-state index in [0.29, 0.717) is 5.70 Å². The smallest absolute Gasteiger partial charge is 0.331 e. The fourth-order valence-corrected chi connectivity index (χ4v) is 3.93. The lowest BCUT2D eigenvalue weighted by atomic mass is 9.99. The highest BCUT2D eigenvalue weighted by Crippen LogP contribution is 2.28. The number of imide groups is 2. The average Bonchev–Trinajstić information content (AvgIpc) is 3.19. The van der Waals surface area contributed by atoms with Crippen LogP contribution in [0.3, 0.4) is 0 Å². The minimum atomic E-state index is -1.09. The molecule has 1 saturated heterocycles. The normalized spacial score (nSPS) is 19.2. The third-order valence-electron chi connectivity index (χ3n) is 5.44. The average molecular weight is 389 g/mol. The number of rotatable bonds is 5. The second-order valence-electron chi connectivity index (χ2n) is 7.34. The van der Waals surface area contributed by atoms with E-state index in [0.717, 1.165) is 35.4 Å².